The molecule has 0 fully saturated rings. The fraction of sp³-hybridized carbons (Fsp3) is 0.167. The minimum absolute atomic E-state index is 0.173. The Kier molecular flexibility index (Phi) is 6.35. The van der Waals surface area contributed by atoms with Gasteiger partial charge in [0.2, 0.25) is 0 Å². The van der Waals surface area contributed by atoms with Crippen molar-refractivity contribution in [2.75, 3.05) is 11.3 Å². The van der Waals surface area contributed by atoms with Crippen molar-refractivity contribution in [3.63, 3.8) is 0 Å². The van der Waals surface area contributed by atoms with Gasteiger partial charge in [-0.3, -0.25) is 9.52 Å². The highest BCUT2D eigenvalue weighted by atomic mass is 32.2. The molecule has 1 heterocycles. The van der Waals surface area contributed by atoms with Crippen molar-refractivity contribution in [3.8, 4) is 5.75 Å². The quantitative estimate of drug-likeness (QED) is 0.439. The molecular weight excluding hydrogens is 458 g/mol. The summed E-state index contributed by atoms with van der Waals surface area (Å²) in [5.74, 6) is 0.330. The lowest BCUT2D eigenvalue weighted by Gasteiger charge is -2.08. The predicted octanol–water partition coefficient (Wildman–Crippen LogP) is 4.49. The largest absolute Gasteiger partial charge is 0.492 e. The molecule has 0 saturated heterocycles. The van der Waals surface area contributed by atoms with E-state index in [0.29, 0.717) is 22.7 Å². The van der Waals surface area contributed by atoms with Gasteiger partial charge in [-0.1, -0.05) is 35.1 Å². The van der Waals surface area contributed by atoms with Crippen molar-refractivity contribution >= 4 is 43.2 Å². The maximum Gasteiger partial charge on any atom is 0.279 e. The molecule has 0 saturated carbocycles. The molecule has 0 atom stereocenters. The van der Waals surface area contributed by atoms with Crippen LogP contribution in [0, 0.1) is 6.92 Å². The number of ether oxygens (including phenoxy) is 1. The van der Waals surface area contributed by atoms with Gasteiger partial charge in [-0.05, 0) is 62.4 Å². The van der Waals surface area contributed by atoms with Crippen LogP contribution in [0.15, 0.2) is 76.6 Å². The molecule has 7 nitrogen and oxygen atoms in total. The lowest BCUT2D eigenvalue weighted by atomic mass is 10.2. The normalized spacial score (nSPS) is 12.2. The molecule has 1 amide bonds. The van der Waals surface area contributed by atoms with E-state index in [9.17, 15) is 13.2 Å². The number of thiazole rings is 1. The fourth-order valence-corrected chi connectivity index (χ4v) is 5.40. The summed E-state index contributed by atoms with van der Waals surface area (Å²) in [6, 6.07) is 18.5. The first-order valence-electron chi connectivity index (χ1n) is 10.3. The summed E-state index contributed by atoms with van der Waals surface area (Å²) < 4.78 is 36.2. The van der Waals surface area contributed by atoms with Crippen LogP contribution in [-0.2, 0) is 17.1 Å². The van der Waals surface area contributed by atoms with Gasteiger partial charge in [0.05, 0.1) is 16.2 Å². The van der Waals surface area contributed by atoms with Crippen LogP contribution >= 0.6 is 11.3 Å². The zero-order valence-electron chi connectivity index (χ0n) is 18.4. The molecule has 0 radical (unpaired) electrons. The number of sulfonamides is 1. The van der Waals surface area contributed by atoms with Gasteiger partial charge in [0.15, 0.2) is 4.80 Å². The van der Waals surface area contributed by atoms with Crippen LogP contribution in [0.3, 0.4) is 0 Å². The van der Waals surface area contributed by atoms with Gasteiger partial charge in [0.1, 0.15) is 11.3 Å². The molecule has 1 N–H and O–H groups in total. The number of benzene rings is 3. The minimum atomic E-state index is -3.71. The summed E-state index contributed by atoms with van der Waals surface area (Å²) in [4.78, 5) is 17.8. The Morgan fingerprint density at radius 3 is 2.42 bits per heavy atom. The smallest absolute Gasteiger partial charge is 0.279 e. The Labute approximate surface area is 196 Å². The highest BCUT2D eigenvalue weighted by Gasteiger charge is 2.15. The Balaban J connectivity index is 1.58. The number of rotatable bonds is 6. The average molecular weight is 482 g/mol. The van der Waals surface area contributed by atoms with E-state index in [1.165, 1.54) is 11.3 Å². The third-order valence-electron chi connectivity index (χ3n) is 5.00. The molecule has 4 rings (SSSR count). The Morgan fingerprint density at radius 1 is 1.06 bits per heavy atom. The topological polar surface area (TPSA) is 89.8 Å². The van der Waals surface area contributed by atoms with Crippen LogP contribution < -0.4 is 14.3 Å². The zero-order valence-corrected chi connectivity index (χ0v) is 20.0. The van der Waals surface area contributed by atoms with Gasteiger partial charge < -0.3 is 9.30 Å². The summed E-state index contributed by atoms with van der Waals surface area (Å²) in [5.41, 5.74) is 2.58. The van der Waals surface area contributed by atoms with Gasteiger partial charge >= 0.3 is 0 Å². The standard InChI is InChI=1S/C24H23N3O4S2/c1-4-31-20-6-5-7-21-22(20)27(3)24(32-21)25-23(28)17-10-12-18(13-11-17)26-33(29,30)19-14-8-16(2)9-15-19/h5-15,26H,4H2,1-3H3. The number of anilines is 1. The van der Waals surface area contributed by atoms with Crippen molar-refractivity contribution in [3.05, 3.63) is 82.7 Å². The first-order valence-corrected chi connectivity index (χ1v) is 12.6. The van der Waals surface area contributed by atoms with Crippen LogP contribution in [-0.4, -0.2) is 25.5 Å². The summed E-state index contributed by atoms with van der Waals surface area (Å²) in [7, 11) is -1.87. The second-order valence-corrected chi connectivity index (χ2v) is 10.1. The monoisotopic (exact) mass is 481 g/mol. The number of carbonyl (C=O) groups is 1. The highest BCUT2D eigenvalue weighted by Crippen LogP contribution is 2.27. The number of fused-ring (bicyclic) bond motifs is 1. The average Bonchev–Trinajstić information content (AvgIpc) is 3.10. The number of hydrogen-bond acceptors (Lipinski definition) is 5. The predicted molar refractivity (Wildman–Crippen MR) is 130 cm³/mol. The van der Waals surface area contributed by atoms with Crippen LogP contribution in [0.25, 0.3) is 10.2 Å². The molecule has 0 aliphatic heterocycles. The molecule has 3 aromatic carbocycles. The van der Waals surface area contributed by atoms with E-state index < -0.39 is 15.9 Å². The molecule has 33 heavy (non-hydrogen) atoms. The second-order valence-electron chi connectivity index (χ2n) is 7.39. The number of carbonyl (C=O) groups excluding carboxylic acids is 1. The first-order chi connectivity index (χ1) is 15.8. The van der Waals surface area contributed by atoms with Gasteiger partial charge in [-0.25, -0.2) is 8.42 Å². The van der Waals surface area contributed by atoms with Gasteiger partial charge in [-0.2, -0.15) is 4.99 Å². The number of para-hydroxylation sites is 1. The van der Waals surface area contributed by atoms with E-state index in [1.54, 1.807) is 48.5 Å². The summed E-state index contributed by atoms with van der Waals surface area (Å²) in [6.07, 6.45) is 0. The second kappa shape index (κ2) is 9.21. The van der Waals surface area contributed by atoms with Crippen molar-refractivity contribution in [1.82, 2.24) is 4.57 Å². The molecule has 0 bridgehead atoms. The zero-order chi connectivity index (χ0) is 23.6. The number of nitrogens with one attached hydrogen (secondary N) is 1. The van der Waals surface area contributed by atoms with Crippen LogP contribution in [0.4, 0.5) is 5.69 Å². The van der Waals surface area contributed by atoms with Crippen molar-refractivity contribution in [2.24, 2.45) is 12.0 Å². The fourth-order valence-electron chi connectivity index (χ4n) is 3.31. The van der Waals surface area contributed by atoms with E-state index in [0.717, 1.165) is 21.5 Å². The van der Waals surface area contributed by atoms with Crippen LogP contribution in [0.2, 0.25) is 0 Å². The molecule has 0 spiro atoms. The highest BCUT2D eigenvalue weighted by molar-refractivity contribution is 7.92. The number of aromatic nitrogens is 1. The SMILES string of the molecule is CCOc1cccc2sc(=NC(=O)c3ccc(NS(=O)(=O)c4ccc(C)cc4)cc3)n(C)c12. The van der Waals surface area contributed by atoms with Gasteiger partial charge in [0, 0.05) is 18.3 Å². The minimum Gasteiger partial charge on any atom is -0.492 e. The molecular formula is C24H23N3O4S2. The van der Waals surface area contributed by atoms with E-state index in [-0.39, 0.29) is 4.90 Å². The molecule has 1 aromatic heterocycles. The maximum atomic E-state index is 12.8. The maximum absolute atomic E-state index is 12.8. The molecule has 0 aliphatic rings. The van der Waals surface area contributed by atoms with Crippen LogP contribution in [0.1, 0.15) is 22.8 Å². The van der Waals surface area contributed by atoms with E-state index >= 15 is 0 Å². The number of amides is 1. The third-order valence-corrected chi connectivity index (χ3v) is 7.49. The number of hydrogen-bond donors (Lipinski definition) is 1. The van der Waals surface area contributed by atoms with E-state index in [2.05, 4.69) is 9.71 Å². The molecule has 170 valence electrons. The lowest BCUT2D eigenvalue weighted by molar-refractivity contribution is 0.0998. The Morgan fingerprint density at radius 2 is 1.76 bits per heavy atom. The Bertz CT molecular complexity index is 1480. The molecule has 4 aromatic rings. The van der Waals surface area contributed by atoms with E-state index in [4.69, 9.17) is 4.74 Å². The summed E-state index contributed by atoms with van der Waals surface area (Å²) >= 11 is 1.40. The Hall–Kier alpha value is -3.43. The number of aryl methyl sites for hydroxylation is 2. The third kappa shape index (κ3) is 4.84. The van der Waals surface area contributed by atoms with Crippen molar-refractivity contribution in [2.45, 2.75) is 18.7 Å². The summed E-state index contributed by atoms with van der Waals surface area (Å²) in [5, 5.41) is 0. The lowest BCUT2D eigenvalue weighted by Crippen LogP contribution is -2.14. The van der Waals surface area contributed by atoms with E-state index in [1.807, 2.05) is 43.7 Å². The number of nitrogens with zero attached hydrogens (tertiary/aromatic N) is 2. The molecule has 0 aliphatic carbocycles. The van der Waals surface area contributed by atoms with Gasteiger partial charge in [-0.15, -0.1) is 0 Å². The first kappa shape index (κ1) is 22.8. The molecule has 0 unspecified atom stereocenters. The van der Waals surface area contributed by atoms with Gasteiger partial charge in [0.25, 0.3) is 15.9 Å². The summed E-state index contributed by atoms with van der Waals surface area (Å²) in [6.45, 7) is 4.35. The van der Waals surface area contributed by atoms with Crippen molar-refractivity contribution < 1.29 is 17.9 Å². The van der Waals surface area contributed by atoms with Crippen LogP contribution in [0.5, 0.6) is 5.75 Å². The molecule has 9 heteroatoms. The van der Waals surface area contributed by atoms with Crippen molar-refractivity contribution in [1.29, 1.82) is 0 Å².